The van der Waals surface area contributed by atoms with E-state index >= 15 is 0 Å². The molecule has 3 aromatic carbocycles. The summed E-state index contributed by atoms with van der Waals surface area (Å²) in [4.78, 5) is 17.8. The number of alkyl halides is 6. The maximum Gasteiger partial charge on any atom is 0.419 e. The first-order valence-electron chi connectivity index (χ1n) is 11.5. The zero-order valence-corrected chi connectivity index (χ0v) is 24.0. The average molecular weight is 727 g/mol. The van der Waals surface area contributed by atoms with Crippen LogP contribution in [0.15, 0.2) is 79.0 Å². The third kappa shape index (κ3) is 7.12. The number of nitrogens with one attached hydrogen (secondary N) is 1. The van der Waals surface area contributed by atoms with Gasteiger partial charge in [0.1, 0.15) is 17.2 Å². The number of nitrogens with zero attached hydrogens (tertiary/aromatic N) is 1. The topological polar surface area (TPSA) is 42.0 Å². The number of carbonyl (C=O) groups is 1. The number of pyridine rings is 1. The second-order valence-corrected chi connectivity index (χ2v) is 11.2. The minimum atomic E-state index is -5.11. The van der Waals surface area contributed by atoms with Crippen LogP contribution in [-0.4, -0.2) is 10.9 Å². The molecule has 0 radical (unpaired) electrons. The first-order valence-corrected chi connectivity index (χ1v) is 13.4. The van der Waals surface area contributed by atoms with Gasteiger partial charge in [0, 0.05) is 51.4 Å². The zero-order chi connectivity index (χ0) is 30.2. The minimum absolute atomic E-state index is 0.00307. The summed E-state index contributed by atoms with van der Waals surface area (Å²) in [6, 6.07) is 13.0. The van der Waals surface area contributed by atoms with Gasteiger partial charge in [-0.2, -0.15) is 22.0 Å². The van der Waals surface area contributed by atoms with Gasteiger partial charge >= 0.3 is 10.1 Å². The summed E-state index contributed by atoms with van der Waals surface area (Å²) in [6.07, 6.45) is -4.15. The van der Waals surface area contributed by atoms with E-state index in [4.69, 9.17) is 23.2 Å². The fourth-order valence-corrected chi connectivity index (χ4v) is 4.76. The Morgan fingerprint density at radius 2 is 1.46 bits per heavy atom. The fraction of sp³-hybridized carbons (Fsp3) is 0.143. The van der Waals surface area contributed by atoms with Crippen LogP contribution in [0.25, 0.3) is 0 Å². The number of benzene rings is 3. The Morgan fingerprint density at radius 1 is 0.829 bits per heavy atom. The van der Waals surface area contributed by atoms with Crippen molar-refractivity contribution in [2.24, 2.45) is 0 Å². The number of rotatable bonds is 7. The lowest BCUT2D eigenvalue weighted by atomic mass is 9.79. The van der Waals surface area contributed by atoms with Crippen molar-refractivity contribution < 1.29 is 35.5 Å². The summed E-state index contributed by atoms with van der Waals surface area (Å²) in [6.45, 7) is 0. The lowest BCUT2D eigenvalue weighted by Gasteiger charge is -2.36. The molecular formula is C28H16Cl2F7IN2O. The molecule has 0 fully saturated rings. The van der Waals surface area contributed by atoms with Gasteiger partial charge in [0.25, 0.3) is 5.91 Å². The molecular weight excluding hydrogens is 711 g/mol. The van der Waals surface area contributed by atoms with Crippen molar-refractivity contribution >= 4 is 51.7 Å². The van der Waals surface area contributed by atoms with E-state index in [-0.39, 0.29) is 22.7 Å². The Bertz CT molecular complexity index is 1580. The van der Waals surface area contributed by atoms with E-state index in [1.54, 1.807) is 12.1 Å². The van der Waals surface area contributed by atoms with Gasteiger partial charge in [0.15, 0.2) is 0 Å². The Kier molecular flexibility index (Phi) is 8.91. The highest BCUT2D eigenvalue weighted by molar-refractivity contribution is 14.1. The molecule has 0 aliphatic carbocycles. The van der Waals surface area contributed by atoms with Crippen LogP contribution < -0.4 is 5.32 Å². The number of halogens is 10. The summed E-state index contributed by atoms with van der Waals surface area (Å²) >= 11 is 12.8. The molecule has 0 saturated carbocycles. The van der Waals surface area contributed by atoms with Crippen molar-refractivity contribution in [3.05, 3.63) is 134 Å². The molecule has 4 rings (SSSR count). The smallest absolute Gasteiger partial charge is 0.337 e. The van der Waals surface area contributed by atoms with Gasteiger partial charge in [-0.25, -0.2) is 8.78 Å². The van der Waals surface area contributed by atoms with E-state index in [0.717, 1.165) is 40.8 Å². The zero-order valence-electron chi connectivity index (χ0n) is 20.3. The molecule has 1 heterocycles. The number of carbonyl (C=O) groups excluding carboxylic acids is 1. The van der Waals surface area contributed by atoms with Gasteiger partial charge in [0.2, 0.25) is 0 Å². The monoisotopic (exact) mass is 726 g/mol. The van der Waals surface area contributed by atoms with E-state index in [1.165, 1.54) is 30.5 Å². The molecule has 214 valence electrons. The maximum absolute atomic E-state index is 14.9. The van der Waals surface area contributed by atoms with Crippen LogP contribution >= 0.6 is 45.8 Å². The summed E-state index contributed by atoms with van der Waals surface area (Å²) < 4.78 is 94.3. The highest BCUT2D eigenvalue weighted by Crippen LogP contribution is 2.40. The normalized spacial score (nSPS) is 13.5. The van der Waals surface area contributed by atoms with Gasteiger partial charge in [-0.1, -0.05) is 35.3 Å². The molecule has 0 unspecified atom stereocenters. The highest BCUT2D eigenvalue weighted by atomic mass is 127. The fourth-order valence-electron chi connectivity index (χ4n) is 4.21. The van der Waals surface area contributed by atoms with Gasteiger partial charge < -0.3 is 5.32 Å². The van der Waals surface area contributed by atoms with Gasteiger partial charge in [-0.05, 0) is 71.8 Å². The summed E-state index contributed by atoms with van der Waals surface area (Å²) in [5, 5.41) is 3.12. The van der Waals surface area contributed by atoms with Crippen molar-refractivity contribution in [1.82, 2.24) is 10.3 Å². The van der Waals surface area contributed by atoms with Crippen molar-refractivity contribution in [2.45, 2.75) is 22.1 Å². The van der Waals surface area contributed by atoms with E-state index in [9.17, 15) is 35.5 Å². The Morgan fingerprint density at radius 3 is 2.05 bits per heavy atom. The van der Waals surface area contributed by atoms with Crippen molar-refractivity contribution in [2.75, 3.05) is 0 Å². The molecule has 3 nitrogen and oxygen atoms in total. The number of amides is 1. The highest BCUT2D eigenvalue weighted by Gasteiger charge is 2.41. The second kappa shape index (κ2) is 11.8. The molecule has 41 heavy (non-hydrogen) atoms. The SMILES string of the molecule is O=C(N[C@@](Cc1ccc(Cl)cc1)(c1cc(F)cc(C(F)(F)I)c1)c1ccc(Cl)cn1)c1ccc(F)c(C(F)(F)F)c1. The quantitative estimate of drug-likeness (QED) is 0.117. The van der Waals surface area contributed by atoms with E-state index in [1.807, 2.05) is 0 Å². The Hall–Kier alpha value is -2.90. The lowest BCUT2D eigenvalue weighted by Crippen LogP contribution is -2.49. The predicted octanol–water partition coefficient (Wildman–Crippen LogP) is 9.09. The largest absolute Gasteiger partial charge is 0.419 e. The molecule has 0 spiro atoms. The van der Waals surface area contributed by atoms with Crippen LogP contribution in [0.4, 0.5) is 30.7 Å². The van der Waals surface area contributed by atoms with Gasteiger partial charge in [-0.3, -0.25) is 9.78 Å². The van der Waals surface area contributed by atoms with Crippen LogP contribution in [0.5, 0.6) is 0 Å². The number of hydrogen-bond acceptors (Lipinski definition) is 2. The first-order chi connectivity index (χ1) is 19.1. The van der Waals surface area contributed by atoms with Crippen LogP contribution in [0.1, 0.15) is 38.3 Å². The third-order valence-electron chi connectivity index (χ3n) is 6.13. The summed E-state index contributed by atoms with van der Waals surface area (Å²) in [5.74, 6) is -3.81. The van der Waals surface area contributed by atoms with E-state index < -0.39 is 49.9 Å². The van der Waals surface area contributed by atoms with E-state index in [0.29, 0.717) is 28.8 Å². The standard InChI is InChI=1S/C28H16Cl2F7IN2O/c29-19-4-1-15(2-5-19)13-26(24-8-6-20(30)14-39-24,17-10-18(28(36,37)38)12-21(31)11-17)40-25(41)16-3-7-23(32)22(9-16)27(33,34)35/h1-12,14H,13H2,(H,40,41)/t26-/m0/s1. The lowest BCUT2D eigenvalue weighted by molar-refractivity contribution is -0.140. The molecule has 0 saturated heterocycles. The molecule has 0 bridgehead atoms. The van der Waals surface area contributed by atoms with Gasteiger partial charge in [0.05, 0.1) is 16.3 Å². The molecule has 1 aromatic heterocycles. The molecule has 1 amide bonds. The summed E-state index contributed by atoms with van der Waals surface area (Å²) in [5.41, 5.74) is -4.69. The molecule has 0 aliphatic rings. The van der Waals surface area contributed by atoms with Crippen LogP contribution in [0.3, 0.4) is 0 Å². The second-order valence-electron chi connectivity index (χ2n) is 8.94. The van der Waals surface area contributed by atoms with E-state index in [2.05, 4.69) is 10.3 Å². The molecule has 1 atom stereocenters. The van der Waals surface area contributed by atoms with Crippen LogP contribution in [0.2, 0.25) is 10.0 Å². The van der Waals surface area contributed by atoms with Crippen LogP contribution in [0, 0.1) is 11.6 Å². The predicted molar refractivity (Wildman–Crippen MR) is 148 cm³/mol. The number of hydrogen-bond donors (Lipinski definition) is 1. The molecule has 1 N–H and O–H groups in total. The Labute approximate surface area is 252 Å². The van der Waals surface area contributed by atoms with Crippen LogP contribution in [-0.2, 0) is 22.1 Å². The molecule has 4 aromatic rings. The molecule has 0 aliphatic heterocycles. The average Bonchev–Trinajstić information content (AvgIpc) is 2.88. The van der Waals surface area contributed by atoms with Crippen molar-refractivity contribution in [3.8, 4) is 0 Å². The summed E-state index contributed by atoms with van der Waals surface area (Å²) in [7, 11) is 0. The Balaban J connectivity index is 1.98. The third-order valence-corrected chi connectivity index (χ3v) is 7.22. The van der Waals surface area contributed by atoms with Crippen molar-refractivity contribution in [3.63, 3.8) is 0 Å². The minimum Gasteiger partial charge on any atom is -0.337 e. The molecule has 13 heteroatoms. The van der Waals surface area contributed by atoms with Crippen molar-refractivity contribution in [1.29, 1.82) is 0 Å². The first kappa shape index (κ1) is 31.0. The maximum atomic E-state index is 14.9. The van der Waals surface area contributed by atoms with Gasteiger partial charge in [-0.15, -0.1) is 0 Å². The number of aromatic nitrogens is 1.